The van der Waals surface area contributed by atoms with Gasteiger partial charge in [0.2, 0.25) is 0 Å². The van der Waals surface area contributed by atoms with Crippen LogP contribution in [0.3, 0.4) is 0 Å². The van der Waals surface area contributed by atoms with Crippen LogP contribution in [-0.4, -0.2) is 29.1 Å². The van der Waals surface area contributed by atoms with Gasteiger partial charge in [0.15, 0.2) is 5.11 Å². The van der Waals surface area contributed by atoms with Crippen LogP contribution < -0.4 is 5.32 Å². The van der Waals surface area contributed by atoms with Crippen molar-refractivity contribution in [3.63, 3.8) is 0 Å². The van der Waals surface area contributed by atoms with E-state index in [9.17, 15) is 0 Å². The topological polar surface area (TPSA) is 15.3 Å². The maximum atomic E-state index is 5.49. The van der Waals surface area contributed by atoms with E-state index in [-0.39, 0.29) is 0 Å². The van der Waals surface area contributed by atoms with Crippen molar-refractivity contribution in [1.82, 2.24) is 10.2 Å². The third-order valence-electron chi connectivity index (χ3n) is 4.07. The van der Waals surface area contributed by atoms with E-state index < -0.39 is 0 Å². The molecule has 2 aliphatic rings. The van der Waals surface area contributed by atoms with Gasteiger partial charge in [-0.25, -0.2) is 0 Å². The molecule has 2 nitrogen and oxygen atoms in total. The number of likely N-dealkylation sites (tertiary alicyclic amines) is 1. The zero-order valence-corrected chi connectivity index (χ0v) is 12.1. The highest BCUT2D eigenvalue weighted by Gasteiger charge is 2.50. The molecule has 3 heteroatoms. The Hall–Kier alpha value is -0.570. The summed E-state index contributed by atoms with van der Waals surface area (Å²) >= 11 is 5.49. The normalized spacial score (nSPS) is 34.5. The Labute approximate surface area is 110 Å². The van der Waals surface area contributed by atoms with E-state index in [0.717, 1.165) is 18.2 Å². The molecule has 0 radical (unpaired) electrons. The molecule has 1 saturated heterocycles. The molecule has 1 heterocycles. The summed E-state index contributed by atoms with van der Waals surface area (Å²) in [6, 6.07) is 0.633. The first-order valence-electron chi connectivity index (χ1n) is 6.51. The first-order valence-corrected chi connectivity index (χ1v) is 6.91. The van der Waals surface area contributed by atoms with Gasteiger partial charge in [0, 0.05) is 19.1 Å². The molecule has 2 unspecified atom stereocenters. The van der Waals surface area contributed by atoms with Crippen molar-refractivity contribution in [3.05, 3.63) is 12.7 Å². The lowest BCUT2D eigenvalue weighted by molar-refractivity contribution is 0.132. The van der Waals surface area contributed by atoms with Gasteiger partial charge in [0.05, 0.1) is 0 Å². The lowest BCUT2D eigenvalue weighted by atomic mass is 9.65. The van der Waals surface area contributed by atoms with Crippen LogP contribution in [0, 0.1) is 10.8 Å². The number of nitrogens with one attached hydrogen (secondary N) is 1. The Morgan fingerprint density at radius 1 is 1.47 bits per heavy atom. The minimum Gasteiger partial charge on any atom is -0.359 e. The summed E-state index contributed by atoms with van der Waals surface area (Å²) in [4.78, 5) is 2.41. The first kappa shape index (κ1) is 12.9. The Kier molecular flexibility index (Phi) is 3.23. The Morgan fingerprint density at radius 2 is 2.18 bits per heavy atom. The molecule has 0 aromatic carbocycles. The van der Waals surface area contributed by atoms with Crippen LogP contribution in [-0.2, 0) is 0 Å². The third-order valence-corrected chi connectivity index (χ3v) is 4.45. The van der Waals surface area contributed by atoms with Gasteiger partial charge in [-0.15, -0.1) is 6.58 Å². The fourth-order valence-corrected chi connectivity index (χ4v) is 4.26. The van der Waals surface area contributed by atoms with Crippen LogP contribution in [0.1, 0.15) is 40.0 Å². The average molecular weight is 252 g/mol. The molecule has 17 heavy (non-hydrogen) atoms. The highest BCUT2D eigenvalue weighted by Crippen LogP contribution is 2.52. The molecular weight excluding hydrogens is 228 g/mol. The van der Waals surface area contributed by atoms with E-state index in [1.165, 1.54) is 19.3 Å². The molecule has 0 amide bonds. The van der Waals surface area contributed by atoms with Gasteiger partial charge in [0.25, 0.3) is 0 Å². The molecule has 2 fully saturated rings. The molecule has 2 rings (SSSR count). The van der Waals surface area contributed by atoms with Crippen molar-refractivity contribution in [1.29, 1.82) is 0 Å². The van der Waals surface area contributed by atoms with Crippen molar-refractivity contribution in [2.24, 2.45) is 10.8 Å². The number of hydrogen-bond donors (Lipinski definition) is 1. The summed E-state index contributed by atoms with van der Waals surface area (Å²) < 4.78 is 0. The summed E-state index contributed by atoms with van der Waals surface area (Å²) in [5, 5.41) is 4.18. The van der Waals surface area contributed by atoms with Crippen molar-refractivity contribution < 1.29 is 0 Å². The molecule has 1 saturated carbocycles. The fraction of sp³-hybridized carbons (Fsp3) is 0.786. The van der Waals surface area contributed by atoms with Gasteiger partial charge in [-0.05, 0) is 42.3 Å². The lowest BCUT2D eigenvalue weighted by Crippen LogP contribution is -2.43. The van der Waals surface area contributed by atoms with Crippen LogP contribution in [0.4, 0.5) is 0 Å². The quantitative estimate of drug-likeness (QED) is 0.601. The molecule has 96 valence electrons. The van der Waals surface area contributed by atoms with Crippen LogP contribution in [0.2, 0.25) is 0 Å². The van der Waals surface area contributed by atoms with Crippen LogP contribution in [0.25, 0.3) is 0 Å². The second-order valence-corrected chi connectivity index (χ2v) is 7.20. The second-order valence-electron chi connectivity index (χ2n) is 6.82. The van der Waals surface area contributed by atoms with Crippen LogP contribution in [0.5, 0.6) is 0 Å². The summed E-state index contributed by atoms with van der Waals surface area (Å²) in [6.45, 7) is 12.8. The standard InChI is InChI=1S/C14H24N2S/c1-5-6-15-12(17)16-10-14(4)8-11(16)7-13(2,3)9-14/h5,11H,1,6-10H2,2-4H3,(H,15,17). The lowest BCUT2D eigenvalue weighted by Gasteiger charge is -2.39. The zero-order chi connectivity index (χ0) is 12.7. The van der Waals surface area contributed by atoms with Crippen molar-refractivity contribution >= 4 is 17.3 Å². The Bertz CT molecular complexity index is 337. The second kappa shape index (κ2) is 4.27. The molecular formula is C14H24N2S. The molecule has 1 aliphatic heterocycles. The Morgan fingerprint density at radius 3 is 2.82 bits per heavy atom. The number of rotatable bonds is 2. The first-order chi connectivity index (χ1) is 7.85. The van der Waals surface area contributed by atoms with Gasteiger partial charge < -0.3 is 10.2 Å². The number of fused-ring (bicyclic) bond motifs is 2. The molecule has 0 aromatic heterocycles. The largest absolute Gasteiger partial charge is 0.359 e. The number of thiocarbonyl (C=S) groups is 1. The van der Waals surface area contributed by atoms with E-state index in [2.05, 4.69) is 37.6 Å². The molecule has 1 N–H and O–H groups in total. The predicted octanol–water partition coefficient (Wildman–Crippen LogP) is 2.95. The van der Waals surface area contributed by atoms with E-state index in [0.29, 0.717) is 16.9 Å². The van der Waals surface area contributed by atoms with E-state index >= 15 is 0 Å². The third kappa shape index (κ3) is 2.65. The van der Waals surface area contributed by atoms with Gasteiger partial charge in [-0.3, -0.25) is 0 Å². The van der Waals surface area contributed by atoms with Gasteiger partial charge in [-0.2, -0.15) is 0 Å². The maximum absolute atomic E-state index is 5.49. The molecule has 2 atom stereocenters. The molecule has 2 bridgehead atoms. The van der Waals surface area contributed by atoms with Gasteiger partial charge in [0.1, 0.15) is 0 Å². The van der Waals surface area contributed by atoms with Crippen molar-refractivity contribution in [2.75, 3.05) is 13.1 Å². The average Bonchev–Trinajstić information content (AvgIpc) is 2.44. The van der Waals surface area contributed by atoms with Crippen LogP contribution >= 0.6 is 12.2 Å². The Balaban J connectivity index is 2.08. The highest BCUT2D eigenvalue weighted by atomic mass is 32.1. The fourth-order valence-electron chi connectivity index (χ4n) is 3.96. The van der Waals surface area contributed by atoms with Crippen LogP contribution in [0.15, 0.2) is 12.7 Å². The summed E-state index contributed by atoms with van der Waals surface area (Å²) in [6.07, 6.45) is 5.74. The maximum Gasteiger partial charge on any atom is 0.169 e. The van der Waals surface area contributed by atoms with Crippen molar-refractivity contribution in [2.45, 2.75) is 46.1 Å². The van der Waals surface area contributed by atoms with Crippen molar-refractivity contribution in [3.8, 4) is 0 Å². The molecule has 0 aromatic rings. The number of hydrogen-bond acceptors (Lipinski definition) is 1. The van der Waals surface area contributed by atoms with E-state index in [4.69, 9.17) is 12.2 Å². The highest BCUT2D eigenvalue weighted by molar-refractivity contribution is 7.80. The minimum absolute atomic E-state index is 0.451. The summed E-state index contributed by atoms with van der Waals surface area (Å²) in [7, 11) is 0. The van der Waals surface area contributed by atoms with Gasteiger partial charge in [-0.1, -0.05) is 26.8 Å². The molecule has 0 spiro atoms. The van der Waals surface area contributed by atoms with Gasteiger partial charge >= 0.3 is 0 Å². The predicted molar refractivity (Wildman–Crippen MR) is 77.0 cm³/mol. The number of nitrogens with zero attached hydrogens (tertiary/aromatic N) is 1. The molecule has 1 aliphatic carbocycles. The van der Waals surface area contributed by atoms with E-state index in [1.54, 1.807) is 0 Å². The summed E-state index contributed by atoms with van der Waals surface area (Å²) in [5.74, 6) is 0. The van der Waals surface area contributed by atoms with E-state index in [1.807, 2.05) is 6.08 Å². The zero-order valence-electron chi connectivity index (χ0n) is 11.3. The smallest absolute Gasteiger partial charge is 0.169 e. The SMILES string of the molecule is C=CCNC(=S)N1CC2(C)CC1CC(C)(C)C2. The monoisotopic (exact) mass is 252 g/mol. The summed E-state index contributed by atoms with van der Waals surface area (Å²) in [5.41, 5.74) is 0.910. The minimum atomic E-state index is 0.451.